The molecule has 2 aromatic rings. The lowest BCUT2D eigenvalue weighted by Crippen LogP contribution is -2.49. The number of pyridine rings is 1. The van der Waals surface area contributed by atoms with Crippen LogP contribution >= 0.6 is 0 Å². The molecule has 15 heteroatoms. The van der Waals surface area contributed by atoms with E-state index in [1.54, 1.807) is 20.8 Å². The molecule has 1 aliphatic rings. The van der Waals surface area contributed by atoms with E-state index in [1.807, 2.05) is 0 Å². The molecule has 0 spiro atoms. The van der Waals surface area contributed by atoms with Gasteiger partial charge in [-0.1, -0.05) is 19.9 Å². The van der Waals surface area contributed by atoms with Gasteiger partial charge in [0.2, 0.25) is 11.7 Å². The van der Waals surface area contributed by atoms with E-state index in [-0.39, 0.29) is 53.2 Å². The number of amides is 2. The lowest BCUT2D eigenvalue weighted by atomic mass is 9.81. The predicted molar refractivity (Wildman–Crippen MR) is 153 cm³/mol. The number of carboxylic acids is 2. The second-order valence-electron chi connectivity index (χ2n) is 10.4. The van der Waals surface area contributed by atoms with Crippen LogP contribution in [-0.4, -0.2) is 84.9 Å². The summed E-state index contributed by atoms with van der Waals surface area (Å²) in [5.41, 5.74) is -0.367. The maximum absolute atomic E-state index is 13.4. The number of ether oxygens (including phenoxy) is 2. The van der Waals surface area contributed by atoms with Crippen molar-refractivity contribution < 1.29 is 52.1 Å². The number of fused-ring (bicyclic) bond motifs is 1. The van der Waals surface area contributed by atoms with Crippen molar-refractivity contribution in [1.29, 1.82) is 0 Å². The summed E-state index contributed by atoms with van der Waals surface area (Å²) < 4.78 is 36.3. The van der Waals surface area contributed by atoms with E-state index in [0.717, 1.165) is 6.26 Å². The van der Waals surface area contributed by atoms with Crippen molar-refractivity contribution in [3.05, 3.63) is 41.6 Å². The predicted octanol–water partition coefficient (Wildman–Crippen LogP) is 1.84. The highest BCUT2D eigenvalue weighted by molar-refractivity contribution is 7.90. The summed E-state index contributed by atoms with van der Waals surface area (Å²) in [6.07, 6.45) is 0.957. The second kappa shape index (κ2) is 13.2. The van der Waals surface area contributed by atoms with Gasteiger partial charge in [-0.05, 0) is 37.1 Å². The number of sulfone groups is 1. The van der Waals surface area contributed by atoms with Crippen molar-refractivity contribution in [2.24, 2.45) is 5.92 Å². The number of carbonyl (C=O) groups excluding carboxylic acids is 3. The molecule has 2 heterocycles. The number of carboxylic acid groups (broad SMARTS) is 2. The van der Waals surface area contributed by atoms with E-state index in [2.05, 4.69) is 10.3 Å². The molecule has 232 valence electrons. The summed E-state index contributed by atoms with van der Waals surface area (Å²) in [5.74, 6) is -11.3. The normalized spacial score (nSPS) is 16.7. The lowest BCUT2D eigenvalue weighted by Gasteiger charge is -2.33. The third kappa shape index (κ3) is 7.28. The molecule has 14 nitrogen and oxygen atoms in total. The number of anilines is 2. The lowest BCUT2D eigenvalue weighted by molar-refractivity contribution is -0.150. The standard InChI is InChI=1S/C28H33N3O11S/c1-6-42-25-19(41-4)11-10-16(30-25)15(13-43(5,39)40)23-22(24(33)27(35)36)21-17(29-20(32)12-14(2)3)8-7-9-18(21)31(23)26(34)28(37)38/h7-11,14-15,22-23H,6,12-13H2,1-5H3,(H,29,32)(H,35,36)(H,37,38)/t15?,22?,23-/m0/s1. The molecule has 3 rings (SSSR count). The molecule has 0 fully saturated rings. The largest absolute Gasteiger partial charge is 0.491 e. The number of aliphatic carboxylic acids is 2. The molecule has 0 saturated carbocycles. The highest BCUT2D eigenvalue weighted by atomic mass is 32.2. The van der Waals surface area contributed by atoms with Crippen molar-refractivity contribution in [3.8, 4) is 11.6 Å². The third-order valence-electron chi connectivity index (χ3n) is 6.68. The first kappa shape index (κ1) is 33.0. The summed E-state index contributed by atoms with van der Waals surface area (Å²) in [4.78, 5) is 68.8. The molecule has 3 N–H and O–H groups in total. The van der Waals surface area contributed by atoms with Crippen LogP contribution in [0.2, 0.25) is 0 Å². The molecule has 43 heavy (non-hydrogen) atoms. The average molecular weight is 620 g/mol. The van der Waals surface area contributed by atoms with Gasteiger partial charge < -0.3 is 25.0 Å². The Morgan fingerprint density at radius 1 is 1.07 bits per heavy atom. The summed E-state index contributed by atoms with van der Waals surface area (Å²) in [5, 5.41) is 22.3. The van der Waals surface area contributed by atoms with Crippen molar-refractivity contribution in [1.82, 2.24) is 4.98 Å². The van der Waals surface area contributed by atoms with Crippen molar-refractivity contribution in [3.63, 3.8) is 0 Å². The van der Waals surface area contributed by atoms with Gasteiger partial charge in [0.05, 0.1) is 42.8 Å². The summed E-state index contributed by atoms with van der Waals surface area (Å²) in [6, 6.07) is 5.14. The van der Waals surface area contributed by atoms with Gasteiger partial charge >= 0.3 is 17.8 Å². The number of hydrogen-bond acceptors (Lipinski definition) is 10. The number of methoxy groups -OCH3 is 1. The fraction of sp³-hybridized carbons (Fsp3) is 0.429. The number of rotatable bonds is 12. The second-order valence-corrected chi connectivity index (χ2v) is 12.6. The molecule has 2 unspecified atom stereocenters. The van der Waals surface area contributed by atoms with E-state index in [4.69, 9.17) is 9.47 Å². The number of benzene rings is 1. The van der Waals surface area contributed by atoms with Crippen LogP contribution in [0.1, 0.15) is 50.3 Å². The highest BCUT2D eigenvalue weighted by Gasteiger charge is 2.54. The Labute approximate surface area is 247 Å². The van der Waals surface area contributed by atoms with Gasteiger partial charge in [-0.3, -0.25) is 19.3 Å². The number of ketones is 1. The molecular weight excluding hydrogens is 586 g/mol. The smallest absolute Gasteiger partial charge is 0.394 e. The van der Waals surface area contributed by atoms with Crippen LogP contribution in [0.15, 0.2) is 30.3 Å². The first-order chi connectivity index (χ1) is 20.1. The number of carbonyl (C=O) groups is 5. The van der Waals surface area contributed by atoms with Crippen LogP contribution in [0.3, 0.4) is 0 Å². The average Bonchev–Trinajstić information content (AvgIpc) is 3.25. The zero-order valence-corrected chi connectivity index (χ0v) is 25.0. The molecule has 0 bridgehead atoms. The van der Waals surface area contributed by atoms with Crippen LogP contribution in [0, 0.1) is 5.92 Å². The minimum Gasteiger partial charge on any atom is -0.491 e. The Hall–Kier alpha value is -4.53. The van der Waals surface area contributed by atoms with Crippen LogP contribution in [0.25, 0.3) is 0 Å². The van der Waals surface area contributed by atoms with Crippen LogP contribution < -0.4 is 19.7 Å². The molecule has 2 amide bonds. The van der Waals surface area contributed by atoms with E-state index in [0.29, 0.717) is 4.90 Å². The molecule has 0 aliphatic carbocycles. The number of Topliss-reactive ketones (excluding diaryl/α,β-unsaturated/α-hetero) is 1. The first-order valence-corrected chi connectivity index (χ1v) is 15.3. The maximum Gasteiger partial charge on any atom is 0.394 e. The Morgan fingerprint density at radius 2 is 1.74 bits per heavy atom. The Balaban J connectivity index is 2.39. The third-order valence-corrected chi connectivity index (χ3v) is 7.64. The Morgan fingerprint density at radius 3 is 2.28 bits per heavy atom. The topological polar surface area (TPSA) is 207 Å². The van der Waals surface area contributed by atoms with Gasteiger partial charge in [-0.15, -0.1) is 0 Å². The van der Waals surface area contributed by atoms with Gasteiger partial charge in [0.15, 0.2) is 5.75 Å². The molecule has 1 aromatic heterocycles. The number of nitrogens with zero attached hydrogens (tertiary/aromatic N) is 2. The fourth-order valence-electron chi connectivity index (χ4n) is 5.16. The minimum atomic E-state index is -3.94. The Kier molecular flexibility index (Phi) is 10.1. The SMILES string of the molecule is CCOc1nc(C(CS(C)(=O)=O)[C@H]2C(C(=O)C(=O)O)c3c(NC(=O)CC(C)C)cccc3N2C(=O)C(=O)O)ccc1OC. The van der Waals surface area contributed by atoms with Crippen LogP contribution in [0.4, 0.5) is 11.4 Å². The minimum absolute atomic E-state index is 0.0239. The molecule has 1 aliphatic heterocycles. The van der Waals surface area contributed by atoms with Gasteiger partial charge in [0.1, 0.15) is 9.84 Å². The summed E-state index contributed by atoms with van der Waals surface area (Å²) >= 11 is 0. The quantitative estimate of drug-likeness (QED) is 0.291. The van der Waals surface area contributed by atoms with E-state index >= 15 is 0 Å². The van der Waals surface area contributed by atoms with Gasteiger partial charge in [-0.2, -0.15) is 0 Å². The number of hydrogen-bond donors (Lipinski definition) is 3. The zero-order valence-electron chi connectivity index (χ0n) is 24.2. The monoisotopic (exact) mass is 619 g/mol. The van der Waals surface area contributed by atoms with Crippen LogP contribution in [-0.2, 0) is 33.8 Å². The molecule has 3 atom stereocenters. The fourth-order valence-corrected chi connectivity index (χ4v) is 6.18. The number of aromatic nitrogens is 1. The summed E-state index contributed by atoms with van der Waals surface area (Å²) in [7, 11) is -2.59. The van der Waals surface area contributed by atoms with Crippen molar-refractivity contribution in [2.75, 3.05) is 35.9 Å². The molecule has 0 radical (unpaired) electrons. The zero-order chi connectivity index (χ0) is 32.2. The van der Waals surface area contributed by atoms with E-state index in [1.165, 1.54) is 37.4 Å². The summed E-state index contributed by atoms with van der Waals surface area (Å²) in [6.45, 7) is 5.40. The number of nitrogens with one attached hydrogen (secondary N) is 1. The van der Waals surface area contributed by atoms with Gasteiger partial charge in [0.25, 0.3) is 5.88 Å². The maximum atomic E-state index is 13.4. The molecule has 1 aromatic carbocycles. The van der Waals surface area contributed by atoms with Gasteiger partial charge in [-0.25, -0.2) is 23.0 Å². The van der Waals surface area contributed by atoms with E-state index in [9.17, 15) is 42.6 Å². The van der Waals surface area contributed by atoms with E-state index < -0.39 is 63.0 Å². The van der Waals surface area contributed by atoms with Crippen LogP contribution in [0.5, 0.6) is 11.6 Å². The molecule has 0 saturated heterocycles. The van der Waals surface area contributed by atoms with Crippen molar-refractivity contribution in [2.45, 2.75) is 45.1 Å². The highest BCUT2D eigenvalue weighted by Crippen LogP contribution is 2.50. The van der Waals surface area contributed by atoms with Gasteiger partial charge in [0, 0.05) is 29.8 Å². The Bertz CT molecular complexity index is 1550. The molecular formula is C28H33N3O11S. The van der Waals surface area contributed by atoms with Crippen molar-refractivity contribution >= 4 is 50.7 Å². The first-order valence-electron chi connectivity index (χ1n) is 13.2.